The first-order chi connectivity index (χ1) is 4.56. The minimum absolute atomic E-state index is 0.207. The van der Waals surface area contributed by atoms with Crippen LogP contribution >= 0.6 is 11.6 Å². The molecule has 0 saturated carbocycles. The normalized spacial score (nSPS) is 29.5. The number of hydrogen-bond donors (Lipinski definition) is 1. The van der Waals surface area contributed by atoms with Crippen molar-refractivity contribution < 1.29 is 9.53 Å². The lowest BCUT2D eigenvalue weighted by Gasteiger charge is -2.20. The van der Waals surface area contributed by atoms with Crippen molar-refractivity contribution in [3.8, 4) is 0 Å². The summed E-state index contributed by atoms with van der Waals surface area (Å²) in [6.07, 6.45) is -0.586. The molecule has 0 spiro atoms. The SMILES string of the molecule is CC1(C)NC(=O)OC1CCl. The molecule has 1 amide bonds. The van der Waals surface area contributed by atoms with E-state index in [0.717, 1.165) is 0 Å². The average molecular weight is 164 g/mol. The molecule has 10 heavy (non-hydrogen) atoms. The van der Waals surface area contributed by atoms with Gasteiger partial charge in [0.05, 0.1) is 11.4 Å². The second kappa shape index (κ2) is 2.31. The van der Waals surface area contributed by atoms with E-state index in [4.69, 9.17) is 16.3 Å². The minimum Gasteiger partial charge on any atom is -0.442 e. The van der Waals surface area contributed by atoms with E-state index in [0.29, 0.717) is 5.88 Å². The lowest BCUT2D eigenvalue weighted by molar-refractivity contribution is 0.131. The van der Waals surface area contributed by atoms with Gasteiger partial charge in [-0.25, -0.2) is 4.79 Å². The Morgan fingerprint density at radius 2 is 2.40 bits per heavy atom. The summed E-state index contributed by atoms with van der Waals surface area (Å²) < 4.78 is 4.84. The van der Waals surface area contributed by atoms with Crippen LogP contribution in [0.1, 0.15) is 13.8 Å². The van der Waals surface area contributed by atoms with Crippen LogP contribution in [0.3, 0.4) is 0 Å². The number of carbonyl (C=O) groups excluding carboxylic acids is 1. The van der Waals surface area contributed by atoms with Crippen LogP contribution in [0.2, 0.25) is 0 Å². The van der Waals surface area contributed by atoms with E-state index in [1.807, 2.05) is 13.8 Å². The summed E-state index contributed by atoms with van der Waals surface area (Å²) in [5.41, 5.74) is -0.321. The summed E-state index contributed by atoms with van der Waals surface area (Å²) in [4.78, 5) is 10.6. The molecule has 1 unspecified atom stereocenters. The molecule has 0 aromatic heterocycles. The van der Waals surface area contributed by atoms with E-state index in [-0.39, 0.29) is 17.7 Å². The van der Waals surface area contributed by atoms with E-state index in [9.17, 15) is 4.79 Å². The molecule has 0 aliphatic carbocycles. The van der Waals surface area contributed by atoms with Gasteiger partial charge >= 0.3 is 6.09 Å². The molecule has 1 saturated heterocycles. The Morgan fingerprint density at radius 3 is 2.60 bits per heavy atom. The van der Waals surface area contributed by atoms with E-state index in [1.54, 1.807) is 0 Å². The number of nitrogens with one attached hydrogen (secondary N) is 1. The Morgan fingerprint density at radius 1 is 1.80 bits per heavy atom. The number of rotatable bonds is 1. The number of amides is 1. The van der Waals surface area contributed by atoms with Crippen molar-refractivity contribution in [2.75, 3.05) is 5.88 Å². The highest BCUT2D eigenvalue weighted by atomic mass is 35.5. The second-order valence-electron chi connectivity index (χ2n) is 2.89. The van der Waals surface area contributed by atoms with Gasteiger partial charge in [0, 0.05) is 0 Å². The summed E-state index contributed by atoms with van der Waals surface area (Å²) in [6, 6.07) is 0. The lowest BCUT2D eigenvalue weighted by atomic mass is 10.0. The van der Waals surface area contributed by atoms with Gasteiger partial charge in [0.25, 0.3) is 0 Å². The first kappa shape index (κ1) is 7.66. The Hall–Kier alpha value is -0.440. The largest absolute Gasteiger partial charge is 0.442 e. The number of alkyl halides is 1. The highest BCUT2D eigenvalue weighted by Gasteiger charge is 2.40. The summed E-state index contributed by atoms with van der Waals surface area (Å²) in [5, 5.41) is 2.65. The van der Waals surface area contributed by atoms with Crippen molar-refractivity contribution in [2.24, 2.45) is 0 Å². The smallest absolute Gasteiger partial charge is 0.408 e. The highest BCUT2D eigenvalue weighted by molar-refractivity contribution is 6.18. The van der Waals surface area contributed by atoms with Crippen LogP contribution in [0.15, 0.2) is 0 Å². The Labute approximate surface area is 64.7 Å². The van der Waals surface area contributed by atoms with E-state index in [2.05, 4.69) is 5.32 Å². The summed E-state index contributed by atoms with van der Waals surface area (Å²) >= 11 is 5.54. The maximum Gasteiger partial charge on any atom is 0.408 e. The lowest BCUT2D eigenvalue weighted by Crippen LogP contribution is -2.43. The molecule has 0 bridgehead atoms. The highest BCUT2D eigenvalue weighted by Crippen LogP contribution is 2.20. The molecule has 3 nitrogen and oxygen atoms in total. The first-order valence-corrected chi connectivity index (χ1v) is 3.64. The maximum atomic E-state index is 10.6. The molecule has 1 heterocycles. The fraction of sp³-hybridized carbons (Fsp3) is 0.833. The molecule has 0 radical (unpaired) electrons. The van der Waals surface area contributed by atoms with Crippen LogP contribution < -0.4 is 5.32 Å². The monoisotopic (exact) mass is 163 g/mol. The molecule has 1 aliphatic rings. The van der Waals surface area contributed by atoms with Crippen molar-refractivity contribution in [3.63, 3.8) is 0 Å². The summed E-state index contributed by atoms with van der Waals surface area (Å²) in [5.74, 6) is 0.339. The van der Waals surface area contributed by atoms with Crippen LogP contribution in [0.5, 0.6) is 0 Å². The fourth-order valence-corrected chi connectivity index (χ4v) is 1.32. The number of cyclic esters (lactones) is 1. The number of halogens is 1. The van der Waals surface area contributed by atoms with Gasteiger partial charge in [-0.2, -0.15) is 0 Å². The molecule has 0 aromatic rings. The minimum atomic E-state index is -0.379. The molecular weight excluding hydrogens is 154 g/mol. The summed E-state index contributed by atoms with van der Waals surface area (Å²) in [6.45, 7) is 3.76. The van der Waals surface area contributed by atoms with E-state index < -0.39 is 0 Å². The molecule has 1 aliphatic heterocycles. The van der Waals surface area contributed by atoms with E-state index >= 15 is 0 Å². The molecule has 58 valence electrons. The van der Waals surface area contributed by atoms with Gasteiger partial charge in [-0.15, -0.1) is 11.6 Å². The van der Waals surface area contributed by atoms with Crippen molar-refractivity contribution in [3.05, 3.63) is 0 Å². The van der Waals surface area contributed by atoms with Gasteiger partial charge in [-0.1, -0.05) is 0 Å². The predicted molar refractivity (Wildman–Crippen MR) is 38.2 cm³/mol. The second-order valence-corrected chi connectivity index (χ2v) is 3.20. The Balaban J connectivity index is 2.67. The third kappa shape index (κ3) is 1.19. The third-order valence-electron chi connectivity index (χ3n) is 1.62. The Kier molecular flexibility index (Phi) is 1.77. The van der Waals surface area contributed by atoms with Gasteiger partial charge in [-0.05, 0) is 13.8 Å². The van der Waals surface area contributed by atoms with Gasteiger partial charge in [0.2, 0.25) is 0 Å². The molecule has 0 aromatic carbocycles. The van der Waals surface area contributed by atoms with Crippen LogP contribution in [0, 0.1) is 0 Å². The maximum absolute atomic E-state index is 10.6. The topological polar surface area (TPSA) is 38.3 Å². The number of carbonyl (C=O) groups is 1. The van der Waals surface area contributed by atoms with E-state index in [1.165, 1.54) is 0 Å². The zero-order chi connectivity index (χ0) is 7.78. The quantitative estimate of drug-likeness (QED) is 0.589. The van der Waals surface area contributed by atoms with Crippen LogP contribution in [0.25, 0.3) is 0 Å². The predicted octanol–water partition coefficient (Wildman–Crippen LogP) is 1.11. The van der Waals surface area contributed by atoms with Crippen molar-refractivity contribution in [1.82, 2.24) is 5.32 Å². The van der Waals surface area contributed by atoms with Gasteiger partial charge in [0.15, 0.2) is 0 Å². The molecule has 1 atom stereocenters. The van der Waals surface area contributed by atoms with Crippen molar-refractivity contribution in [1.29, 1.82) is 0 Å². The first-order valence-electron chi connectivity index (χ1n) is 3.11. The Bertz CT molecular complexity index is 158. The van der Waals surface area contributed by atoms with Crippen LogP contribution in [-0.2, 0) is 4.74 Å². The van der Waals surface area contributed by atoms with Gasteiger partial charge < -0.3 is 10.1 Å². The van der Waals surface area contributed by atoms with Gasteiger partial charge in [-0.3, -0.25) is 0 Å². The standard InChI is InChI=1S/C6H10ClNO2/c1-6(2)4(3-7)10-5(9)8-6/h4H,3H2,1-2H3,(H,8,9). The molecule has 4 heteroatoms. The molecule has 1 fully saturated rings. The number of hydrogen-bond acceptors (Lipinski definition) is 2. The fourth-order valence-electron chi connectivity index (χ4n) is 0.874. The van der Waals surface area contributed by atoms with Crippen molar-refractivity contribution >= 4 is 17.7 Å². The molecule has 1 N–H and O–H groups in total. The van der Waals surface area contributed by atoms with Crippen molar-refractivity contribution in [2.45, 2.75) is 25.5 Å². The zero-order valence-electron chi connectivity index (χ0n) is 5.98. The zero-order valence-corrected chi connectivity index (χ0v) is 6.73. The van der Waals surface area contributed by atoms with Crippen LogP contribution in [-0.4, -0.2) is 23.6 Å². The molecule has 1 rings (SSSR count). The van der Waals surface area contributed by atoms with Crippen LogP contribution in [0.4, 0.5) is 4.79 Å². The van der Waals surface area contributed by atoms with Gasteiger partial charge in [0.1, 0.15) is 6.10 Å². The third-order valence-corrected chi connectivity index (χ3v) is 1.90. The summed E-state index contributed by atoms with van der Waals surface area (Å²) in [7, 11) is 0. The number of alkyl carbamates (subject to hydrolysis) is 1. The molecular formula is C6H10ClNO2. The average Bonchev–Trinajstić information content (AvgIpc) is 2.04. The number of ether oxygens (including phenoxy) is 1.